The van der Waals surface area contributed by atoms with Crippen molar-refractivity contribution >= 4 is 22.9 Å². The van der Waals surface area contributed by atoms with Crippen molar-refractivity contribution in [2.24, 2.45) is 0 Å². The fourth-order valence-electron chi connectivity index (χ4n) is 4.03. The van der Waals surface area contributed by atoms with E-state index in [4.69, 9.17) is 4.74 Å². The van der Waals surface area contributed by atoms with Gasteiger partial charge in [0.05, 0.1) is 5.51 Å². The van der Waals surface area contributed by atoms with Gasteiger partial charge in [-0.1, -0.05) is 0 Å². The zero-order valence-corrected chi connectivity index (χ0v) is 19.5. The average Bonchev–Trinajstić information content (AvgIpc) is 3.48. The fraction of sp³-hybridized carbons (Fsp3) is 0.417. The van der Waals surface area contributed by atoms with Crippen molar-refractivity contribution in [2.45, 2.75) is 39.5 Å². The standard InChI is InChI=1S/C24H29N5O2S/c1-17-24(18(2)27-15-26-17)21-13-19(28-23(30)8-6-20-14-25-16-32-20)5-7-22(21)31-12-11-29-9-3-4-10-29/h5,7,13-16H,3-4,6,8-12H2,1-2H3,(H,28,30). The van der Waals surface area contributed by atoms with Crippen molar-refractivity contribution in [3.8, 4) is 16.9 Å². The summed E-state index contributed by atoms with van der Waals surface area (Å²) < 4.78 is 6.20. The Morgan fingerprint density at radius 3 is 2.69 bits per heavy atom. The monoisotopic (exact) mass is 451 g/mol. The molecule has 1 aliphatic rings. The highest BCUT2D eigenvalue weighted by molar-refractivity contribution is 7.09. The number of likely N-dealkylation sites (tertiary alicyclic amines) is 1. The summed E-state index contributed by atoms with van der Waals surface area (Å²) in [5, 5.41) is 3.02. The van der Waals surface area contributed by atoms with E-state index in [1.807, 2.05) is 38.2 Å². The lowest BCUT2D eigenvalue weighted by atomic mass is 10.0. The van der Waals surface area contributed by atoms with E-state index in [1.165, 1.54) is 12.8 Å². The normalized spacial score (nSPS) is 13.9. The van der Waals surface area contributed by atoms with Crippen molar-refractivity contribution in [3.63, 3.8) is 0 Å². The van der Waals surface area contributed by atoms with Gasteiger partial charge in [-0.2, -0.15) is 0 Å². The van der Waals surface area contributed by atoms with Gasteiger partial charge < -0.3 is 10.1 Å². The topological polar surface area (TPSA) is 80.2 Å². The molecule has 1 amide bonds. The van der Waals surface area contributed by atoms with Gasteiger partial charge in [-0.05, 0) is 64.4 Å². The molecule has 1 aliphatic heterocycles. The Labute approximate surface area is 192 Å². The van der Waals surface area contributed by atoms with E-state index in [-0.39, 0.29) is 5.91 Å². The summed E-state index contributed by atoms with van der Waals surface area (Å²) in [5.74, 6) is 0.762. The summed E-state index contributed by atoms with van der Waals surface area (Å²) in [7, 11) is 0. The minimum absolute atomic E-state index is 0.0233. The van der Waals surface area contributed by atoms with Gasteiger partial charge in [-0.15, -0.1) is 11.3 Å². The van der Waals surface area contributed by atoms with Crippen LogP contribution in [0, 0.1) is 13.8 Å². The molecule has 1 fully saturated rings. The second-order valence-corrected chi connectivity index (χ2v) is 9.01. The highest BCUT2D eigenvalue weighted by atomic mass is 32.1. The number of nitrogens with one attached hydrogen (secondary N) is 1. The highest BCUT2D eigenvalue weighted by Crippen LogP contribution is 2.35. The van der Waals surface area contributed by atoms with Crippen molar-refractivity contribution in [3.05, 3.63) is 52.5 Å². The molecule has 32 heavy (non-hydrogen) atoms. The van der Waals surface area contributed by atoms with Crippen molar-refractivity contribution in [1.82, 2.24) is 19.9 Å². The summed E-state index contributed by atoms with van der Waals surface area (Å²) >= 11 is 1.57. The Bertz CT molecular complexity index is 1030. The molecule has 0 unspecified atom stereocenters. The lowest BCUT2D eigenvalue weighted by Crippen LogP contribution is -2.25. The molecule has 8 heteroatoms. The molecule has 0 aliphatic carbocycles. The number of thiazole rings is 1. The largest absolute Gasteiger partial charge is 0.492 e. The van der Waals surface area contributed by atoms with E-state index in [2.05, 4.69) is 25.2 Å². The SMILES string of the molecule is Cc1ncnc(C)c1-c1cc(NC(=O)CCc2cncs2)ccc1OCCN1CCCC1. The third-order valence-electron chi connectivity index (χ3n) is 5.70. The van der Waals surface area contributed by atoms with E-state index in [0.717, 1.165) is 58.5 Å². The average molecular weight is 452 g/mol. The molecule has 2 aromatic heterocycles. The van der Waals surface area contributed by atoms with Gasteiger partial charge in [0.25, 0.3) is 0 Å². The van der Waals surface area contributed by atoms with Crippen molar-refractivity contribution < 1.29 is 9.53 Å². The third-order valence-corrected chi connectivity index (χ3v) is 6.54. The number of aryl methyl sites for hydroxylation is 3. The molecule has 0 radical (unpaired) electrons. The first-order valence-electron chi connectivity index (χ1n) is 11.0. The van der Waals surface area contributed by atoms with Crippen LogP contribution in [0.5, 0.6) is 5.75 Å². The van der Waals surface area contributed by atoms with Crippen LogP contribution in [0.4, 0.5) is 5.69 Å². The molecule has 4 rings (SSSR count). The van der Waals surface area contributed by atoms with Crippen LogP contribution < -0.4 is 10.1 Å². The fourth-order valence-corrected chi connectivity index (χ4v) is 4.63. The van der Waals surface area contributed by atoms with Crippen LogP contribution in [-0.4, -0.2) is 52.0 Å². The summed E-state index contributed by atoms with van der Waals surface area (Å²) in [5.41, 5.74) is 6.15. The Morgan fingerprint density at radius 1 is 1.19 bits per heavy atom. The van der Waals surface area contributed by atoms with Gasteiger partial charge in [-0.3, -0.25) is 14.7 Å². The predicted molar refractivity (Wildman–Crippen MR) is 127 cm³/mol. The summed E-state index contributed by atoms with van der Waals surface area (Å²) in [6.45, 7) is 7.77. The Balaban J connectivity index is 1.51. The first-order chi connectivity index (χ1) is 15.6. The second-order valence-electron chi connectivity index (χ2n) is 8.04. The van der Waals surface area contributed by atoms with Crippen LogP contribution in [0.15, 0.2) is 36.2 Å². The van der Waals surface area contributed by atoms with Crippen LogP contribution >= 0.6 is 11.3 Å². The Kier molecular flexibility index (Phi) is 7.44. The molecule has 0 saturated carbocycles. The molecular weight excluding hydrogens is 422 g/mol. The van der Waals surface area contributed by atoms with Gasteiger partial charge in [0.1, 0.15) is 18.7 Å². The van der Waals surface area contributed by atoms with Crippen LogP contribution in [-0.2, 0) is 11.2 Å². The molecule has 1 N–H and O–H groups in total. The second kappa shape index (κ2) is 10.7. The number of hydrogen-bond acceptors (Lipinski definition) is 7. The summed E-state index contributed by atoms with van der Waals surface area (Å²) in [4.78, 5) is 28.9. The molecule has 0 bridgehead atoms. The van der Waals surface area contributed by atoms with E-state index in [1.54, 1.807) is 23.2 Å². The summed E-state index contributed by atoms with van der Waals surface area (Å²) in [6, 6.07) is 5.80. The molecule has 1 saturated heterocycles. The number of carbonyl (C=O) groups is 1. The maximum Gasteiger partial charge on any atom is 0.224 e. The van der Waals surface area contributed by atoms with E-state index >= 15 is 0 Å². The number of amides is 1. The first-order valence-corrected chi connectivity index (χ1v) is 11.9. The minimum atomic E-state index is -0.0233. The van der Waals surface area contributed by atoms with Gasteiger partial charge in [-0.25, -0.2) is 9.97 Å². The Morgan fingerprint density at radius 2 is 1.97 bits per heavy atom. The number of anilines is 1. The van der Waals surface area contributed by atoms with Crippen molar-refractivity contribution in [1.29, 1.82) is 0 Å². The van der Waals surface area contributed by atoms with Crippen LogP contribution in [0.1, 0.15) is 35.5 Å². The molecule has 7 nitrogen and oxygen atoms in total. The van der Waals surface area contributed by atoms with Gasteiger partial charge in [0, 0.05) is 52.2 Å². The van der Waals surface area contributed by atoms with Crippen LogP contribution in [0.25, 0.3) is 11.1 Å². The third kappa shape index (κ3) is 5.69. The van der Waals surface area contributed by atoms with Crippen LogP contribution in [0.3, 0.4) is 0 Å². The van der Waals surface area contributed by atoms with Crippen molar-refractivity contribution in [2.75, 3.05) is 31.6 Å². The number of hydrogen-bond donors (Lipinski definition) is 1. The van der Waals surface area contributed by atoms with Gasteiger partial charge in [0.2, 0.25) is 5.91 Å². The van der Waals surface area contributed by atoms with Gasteiger partial charge >= 0.3 is 0 Å². The lowest BCUT2D eigenvalue weighted by molar-refractivity contribution is -0.116. The zero-order chi connectivity index (χ0) is 22.3. The smallest absolute Gasteiger partial charge is 0.224 e. The maximum absolute atomic E-state index is 12.5. The predicted octanol–water partition coefficient (Wildman–Crippen LogP) is 4.26. The number of benzene rings is 1. The van der Waals surface area contributed by atoms with Crippen LogP contribution in [0.2, 0.25) is 0 Å². The minimum Gasteiger partial charge on any atom is -0.492 e. The number of carbonyl (C=O) groups excluding carboxylic acids is 1. The molecule has 3 heterocycles. The molecule has 0 spiro atoms. The number of nitrogens with zero attached hydrogens (tertiary/aromatic N) is 4. The lowest BCUT2D eigenvalue weighted by Gasteiger charge is -2.18. The number of rotatable bonds is 9. The number of ether oxygens (including phenoxy) is 1. The zero-order valence-electron chi connectivity index (χ0n) is 18.6. The molecule has 0 atom stereocenters. The first kappa shape index (κ1) is 22.4. The molecule has 168 valence electrons. The quantitative estimate of drug-likeness (QED) is 0.524. The van der Waals surface area contributed by atoms with E-state index in [9.17, 15) is 4.79 Å². The molecule has 3 aromatic rings. The maximum atomic E-state index is 12.5. The Hall–Kier alpha value is -2.84. The highest BCUT2D eigenvalue weighted by Gasteiger charge is 2.16. The molecule has 1 aromatic carbocycles. The number of aromatic nitrogens is 3. The van der Waals surface area contributed by atoms with Gasteiger partial charge in [0.15, 0.2) is 0 Å². The molecular formula is C24H29N5O2S. The summed E-state index contributed by atoms with van der Waals surface area (Å²) in [6.07, 6.45) is 7.02. The van der Waals surface area contributed by atoms with E-state index in [0.29, 0.717) is 19.4 Å². The van der Waals surface area contributed by atoms with E-state index < -0.39 is 0 Å².